The number of methoxy groups -OCH3 is 1. The molecule has 2 heterocycles. The number of carbonyl (C=O) groups is 2. The van der Waals surface area contributed by atoms with Gasteiger partial charge in [0.2, 0.25) is 0 Å². The lowest BCUT2D eigenvalue weighted by Crippen LogP contribution is -2.36. The third-order valence-corrected chi connectivity index (χ3v) is 7.20. The standard InChI is InChI=1S/C26H29NO4S/c1-4-5-12-31-21-10-7-6-9-18(21)24-23(26(29)30-3)16(2)27-19-14-17(15-20(28)25(19)24)22-11-8-13-32-22/h6-11,13,17,24,27H,4-5,12,14-15H2,1-3H3/t17-,24+/m0/s1. The molecule has 0 saturated heterocycles. The zero-order chi connectivity index (χ0) is 22.7. The molecule has 1 aliphatic carbocycles. The lowest BCUT2D eigenvalue weighted by atomic mass is 9.72. The summed E-state index contributed by atoms with van der Waals surface area (Å²) in [5.41, 5.74) is 3.60. The van der Waals surface area contributed by atoms with Crippen LogP contribution in [0, 0.1) is 0 Å². The molecule has 1 N–H and O–H groups in total. The van der Waals surface area contributed by atoms with Gasteiger partial charge in [0.05, 0.1) is 25.2 Å². The van der Waals surface area contributed by atoms with Gasteiger partial charge in [0.15, 0.2) is 5.78 Å². The molecule has 0 bridgehead atoms. The van der Waals surface area contributed by atoms with E-state index in [-0.39, 0.29) is 11.7 Å². The van der Waals surface area contributed by atoms with Crippen LogP contribution >= 0.6 is 11.3 Å². The molecule has 0 radical (unpaired) electrons. The summed E-state index contributed by atoms with van der Waals surface area (Å²) in [5.74, 6) is -0.00386. The molecule has 2 aliphatic rings. The van der Waals surface area contributed by atoms with Gasteiger partial charge in [0, 0.05) is 39.7 Å². The van der Waals surface area contributed by atoms with Crippen molar-refractivity contribution in [3.8, 4) is 5.75 Å². The van der Waals surface area contributed by atoms with Gasteiger partial charge in [-0.05, 0) is 37.3 Å². The maximum Gasteiger partial charge on any atom is 0.336 e. The van der Waals surface area contributed by atoms with Crippen LogP contribution in [0.3, 0.4) is 0 Å². The Labute approximate surface area is 193 Å². The molecule has 1 aromatic heterocycles. The number of hydrogen-bond donors (Lipinski definition) is 1. The fourth-order valence-electron chi connectivity index (χ4n) is 4.63. The normalized spacial score (nSPS) is 20.7. The van der Waals surface area contributed by atoms with Crippen LogP contribution in [0.25, 0.3) is 0 Å². The number of para-hydroxylation sites is 1. The van der Waals surface area contributed by atoms with Crippen LogP contribution in [0.15, 0.2) is 64.3 Å². The van der Waals surface area contributed by atoms with E-state index in [1.54, 1.807) is 11.3 Å². The lowest BCUT2D eigenvalue weighted by Gasteiger charge is -2.36. The minimum Gasteiger partial charge on any atom is -0.493 e. The number of rotatable bonds is 7. The molecule has 5 nitrogen and oxygen atoms in total. The molecule has 0 fully saturated rings. The second kappa shape index (κ2) is 9.74. The van der Waals surface area contributed by atoms with Gasteiger partial charge >= 0.3 is 5.97 Å². The minimum atomic E-state index is -0.506. The van der Waals surface area contributed by atoms with Crippen LogP contribution in [-0.4, -0.2) is 25.5 Å². The first kappa shape index (κ1) is 22.3. The zero-order valence-corrected chi connectivity index (χ0v) is 19.6. The molecule has 0 spiro atoms. The molecular weight excluding hydrogens is 422 g/mol. The molecule has 2 aromatic rings. The van der Waals surface area contributed by atoms with Gasteiger partial charge in [-0.2, -0.15) is 0 Å². The molecular formula is C26H29NO4S. The third-order valence-electron chi connectivity index (χ3n) is 6.16. The van der Waals surface area contributed by atoms with E-state index in [9.17, 15) is 9.59 Å². The van der Waals surface area contributed by atoms with Crippen LogP contribution in [-0.2, 0) is 14.3 Å². The van der Waals surface area contributed by atoms with Crippen molar-refractivity contribution in [1.29, 1.82) is 0 Å². The highest BCUT2D eigenvalue weighted by atomic mass is 32.1. The number of ether oxygens (including phenoxy) is 2. The minimum absolute atomic E-state index is 0.0689. The Balaban J connectivity index is 1.81. The van der Waals surface area contributed by atoms with E-state index in [1.807, 2.05) is 42.6 Å². The molecule has 32 heavy (non-hydrogen) atoms. The summed E-state index contributed by atoms with van der Waals surface area (Å²) in [7, 11) is 1.38. The summed E-state index contributed by atoms with van der Waals surface area (Å²) < 4.78 is 11.2. The number of ketones is 1. The number of allylic oxidation sites excluding steroid dienone is 3. The Morgan fingerprint density at radius 3 is 2.72 bits per heavy atom. The SMILES string of the molecule is CCCCOc1ccccc1[C@@H]1C(C(=O)OC)=C(C)NC2=C1C(=O)C[C@@H](c1cccs1)C2. The monoisotopic (exact) mass is 451 g/mol. The maximum absolute atomic E-state index is 13.5. The summed E-state index contributed by atoms with van der Waals surface area (Å²) in [6.45, 7) is 4.59. The van der Waals surface area contributed by atoms with Crippen molar-refractivity contribution in [2.75, 3.05) is 13.7 Å². The zero-order valence-electron chi connectivity index (χ0n) is 18.8. The molecule has 4 rings (SSSR count). The number of dihydropyridines is 1. The van der Waals surface area contributed by atoms with Crippen LogP contribution in [0.4, 0.5) is 0 Å². The van der Waals surface area contributed by atoms with Crippen molar-refractivity contribution in [2.24, 2.45) is 0 Å². The maximum atomic E-state index is 13.5. The number of benzene rings is 1. The van der Waals surface area contributed by atoms with E-state index >= 15 is 0 Å². The Morgan fingerprint density at radius 2 is 2.00 bits per heavy atom. The molecule has 0 amide bonds. The van der Waals surface area contributed by atoms with Gasteiger partial charge in [0.1, 0.15) is 5.75 Å². The molecule has 6 heteroatoms. The number of carbonyl (C=O) groups excluding carboxylic acids is 2. The van der Waals surface area contributed by atoms with E-state index in [0.717, 1.165) is 36.2 Å². The average Bonchev–Trinajstić information content (AvgIpc) is 3.33. The second-order valence-electron chi connectivity index (χ2n) is 8.26. The Kier molecular flexibility index (Phi) is 6.80. The molecule has 2 atom stereocenters. The number of nitrogens with one attached hydrogen (secondary N) is 1. The highest BCUT2D eigenvalue weighted by Crippen LogP contribution is 2.48. The van der Waals surface area contributed by atoms with Crippen molar-refractivity contribution >= 4 is 23.1 Å². The van der Waals surface area contributed by atoms with Crippen molar-refractivity contribution in [1.82, 2.24) is 5.32 Å². The second-order valence-corrected chi connectivity index (χ2v) is 9.24. The summed E-state index contributed by atoms with van der Waals surface area (Å²) in [6, 6.07) is 11.8. The number of esters is 1. The number of Topliss-reactive ketones (excluding diaryl/α,β-unsaturated/α-hetero) is 1. The molecule has 0 unspecified atom stereocenters. The van der Waals surface area contributed by atoms with Gasteiger partial charge in [-0.15, -0.1) is 11.3 Å². The summed E-state index contributed by atoms with van der Waals surface area (Å²) in [4.78, 5) is 27.6. The highest BCUT2D eigenvalue weighted by molar-refractivity contribution is 7.10. The predicted molar refractivity (Wildman–Crippen MR) is 126 cm³/mol. The molecule has 168 valence electrons. The Morgan fingerprint density at radius 1 is 1.19 bits per heavy atom. The van der Waals surface area contributed by atoms with Crippen LogP contribution in [0.2, 0.25) is 0 Å². The van der Waals surface area contributed by atoms with Crippen molar-refractivity contribution in [2.45, 2.75) is 51.4 Å². The van der Waals surface area contributed by atoms with Gasteiger partial charge < -0.3 is 14.8 Å². The molecule has 1 aliphatic heterocycles. The van der Waals surface area contributed by atoms with Crippen LogP contribution < -0.4 is 10.1 Å². The molecule has 0 saturated carbocycles. The topological polar surface area (TPSA) is 64.6 Å². The van der Waals surface area contributed by atoms with Crippen molar-refractivity contribution < 1.29 is 19.1 Å². The number of thiophene rings is 1. The highest BCUT2D eigenvalue weighted by Gasteiger charge is 2.42. The first-order valence-electron chi connectivity index (χ1n) is 11.1. The smallest absolute Gasteiger partial charge is 0.336 e. The fraction of sp³-hybridized carbons (Fsp3) is 0.385. The van der Waals surface area contributed by atoms with Gasteiger partial charge in [-0.3, -0.25) is 4.79 Å². The van der Waals surface area contributed by atoms with E-state index in [1.165, 1.54) is 12.0 Å². The first-order valence-corrected chi connectivity index (χ1v) is 12.0. The summed E-state index contributed by atoms with van der Waals surface area (Å²) in [6.07, 6.45) is 3.14. The number of hydrogen-bond acceptors (Lipinski definition) is 6. The lowest BCUT2D eigenvalue weighted by molar-refractivity contribution is -0.136. The Bertz CT molecular complexity index is 1070. The van der Waals surface area contributed by atoms with Crippen molar-refractivity contribution in [3.05, 3.63) is 74.8 Å². The first-order chi connectivity index (χ1) is 15.5. The quantitative estimate of drug-likeness (QED) is 0.447. The number of unbranched alkanes of at least 4 members (excludes halogenated alkanes) is 1. The van der Waals surface area contributed by atoms with Gasteiger partial charge in [-0.25, -0.2) is 4.79 Å². The van der Waals surface area contributed by atoms with E-state index in [4.69, 9.17) is 9.47 Å². The molecule has 1 aromatic carbocycles. The third kappa shape index (κ3) is 4.24. The van der Waals surface area contributed by atoms with Gasteiger partial charge in [0.25, 0.3) is 0 Å². The summed E-state index contributed by atoms with van der Waals surface area (Å²) >= 11 is 1.68. The van der Waals surface area contributed by atoms with Crippen LogP contribution in [0.5, 0.6) is 5.75 Å². The van der Waals surface area contributed by atoms with E-state index in [2.05, 4.69) is 18.3 Å². The predicted octanol–water partition coefficient (Wildman–Crippen LogP) is 5.46. The Hall–Kier alpha value is -2.86. The largest absolute Gasteiger partial charge is 0.493 e. The fourth-order valence-corrected chi connectivity index (χ4v) is 5.46. The van der Waals surface area contributed by atoms with Gasteiger partial charge in [-0.1, -0.05) is 37.6 Å². The average molecular weight is 452 g/mol. The summed E-state index contributed by atoms with van der Waals surface area (Å²) in [5, 5.41) is 5.43. The van der Waals surface area contributed by atoms with Crippen molar-refractivity contribution in [3.63, 3.8) is 0 Å². The van der Waals surface area contributed by atoms with Crippen LogP contribution in [0.1, 0.15) is 61.8 Å². The van der Waals surface area contributed by atoms with E-state index in [0.29, 0.717) is 29.9 Å². The van der Waals surface area contributed by atoms with E-state index < -0.39 is 11.9 Å².